The van der Waals surface area contributed by atoms with E-state index in [1.807, 2.05) is 27.0 Å². The number of carbonyl (C=O) groups is 5. The van der Waals surface area contributed by atoms with E-state index >= 15 is 0 Å². The molecule has 260 valence electrons. The van der Waals surface area contributed by atoms with Crippen LogP contribution in [0.4, 0.5) is 4.79 Å². The molecule has 15 nitrogen and oxygen atoms in total. The lowest BCUT2D eigenvalue weighted by Crippen LogP contribution is -2.68. The van der Waals surface area contributed by atoms with E-state index in [4.69, 9.17) is 24.1 Å². The number of hydrogen-bond donors (Lipinski definition) is 5. The van der Waals surface area contributed by atoms with Crippen LogP contribution in [0, 0.1) is 6.92 Å². The van der Waals surface area contributed by atoms with Crippen molar-refractivity contribution in [1.29, 1.82) is 0 Å². The van der Waals surface area contributed by atoms with Gasteiger partial charge in [0.2, 0.25) is 5.91 Å². The smallest absolute Gasteiger partial charge is 0.407 e. The number of aryl methyl sites for hydroxylation is 1. The van der Waals surface area contributed by atoms with E-state index in [2.05, 4.69) is 15.5 Å². The number of aliphatic carboxylic acids is 2. The number of carbonyl (C=O) groups excluding carboxylic acids is 3. The van der Waals surface area contributed by atoms with Crippen molar-refractivity contribution in [2.45, 2.75) is 81.9 Å². The predicted molar refractivity (Wildman–Crippen MR) is 166 cm³/mol. The fourth-order valence-corrected chi connectivity index (χ4v) is 6.46. The number of ether oxygens (including phenoxy) is 4. The van der Waals surface area contributed by atoms with Gasteiger partial charge in [-0.15, -0.1) is 0 Å². The van der Waals surface area contributed by atoms with Crippen LogP contribution in [0.5, 0.6) is 11.5 Å². The van der Waals surface area contributed by atoms with Gasteiger partial charge in [-0.3, -0.25) is 14.4 Å². The number of carboxylic acid groups (broad SMARTS) is 2. The lowest BCUT2D eigenvalue weighted by atomic mass is 9.54. The number of amides is 2. The highest BCUT2D eigenvalue weighted by Gasteiger charge is 2.61. The van der Waals surface area contributed by atoms with Gasteiger partial charge in [0.1, 0.15) is 18.4 Å². The first-order valence-electron chi connectivity index (χ1n) is 15.4. The fourth-order valence-electron chi connectivity index (χ4n) is 6.46. The van der Waals surface area contributed by atoms with Gasteiger partial charge in [-0.1, -0.05) is 6.07 Å². The Hall–Kier alpha value is -4.37. The summed E-state index contributed by atoms with van der Waals surface area (Å²) in [6, 6.07) is 2.00. The number of nitrogens with zero attached hydrogens (tertiary/aromatic N) is 1. The van der Waals surface area contributed by atoms with E-state index < -0.39 is 53.4 Å². The second-order valence-corrected chi connectivity index (χ2v) is 11.9. The maximum absolute atomic E-state index is 13.4. The van der Waals surface area contributed by atoms with Crippen molar-refractivity contribution in [3.05, 3.63) is 35.1 Å². The molecule has 0 saturated carbocycles. The summed E-state index contributed by atoms with van der Waals surface area (Å²) in [4.78, 5) is 61.6. The SMILES string of the molecule is COc1ccc(C)c([C@]23CCN(C)[C@@H](C)[C@]2(O)CC=C(OC(=O)C(CCC(=O)O)NC(=O)OCCNC(=O)CCC(=O)O)C3)c1OC. The first kappa shape index (κ1) is 37.1. The number of alkyl carbamates (subject to hydrolysis) is 1. The Labute approximate surface area is 273 Å². The van der Waals surface area contributed by atoms with Crippen LogP contribution in [-0.4, -0.2) is 109 Å². The van der Waals surface area contributed by atoms with E-state index in [0.29, 0.717) is 24.5 Å². The maximum atomic E-state index is 13.4. The molecular weight excluding hydrogens is 618 g/mol. The number of benzene rings is 1. The molecule has 0 radical (unpaired) electrons. The third kappa shape index (κ3) is 8.51. The zero-order valence-corrected chi connectivity index (χ0v) is 27.4. The van der Waals surface area contributed by atoms with E-state index in [9.17, 15) is 34.2 Å². The van der Waals surface area contributed by atoms with E-state index in [0.717, 1.165) is 11.1 Å². The number of methoxy groups -OCH3 is 2. The van der Waals surface area contributed by atoms with Crippen LogP contribution < -0.4 is 20.1 Å². The van der Waals surface area contributed by atoms with Gasteiger partial charge >= 0.3 is 24.0 Å². The maximum Gasteiger partial charge on any atom is 0.407 e. The topological polar surface area (TPSA) is 210 Å². The monoisotopic (exact) mass is 663 g/mol. The normalized spacial score (nSPS) is 22.9. The number of esters is 1. The third-order valence-corrected chi connectivity index (χ3v) is 9.10. The highest BCUT2D eigenvalue weighted by Crippen LogP contribution is 2.57. The number of piperidine rings is 1. The first-order valence-corrected chi connectivity index (χ1v) is 15.4. The third-order valence-electron chi connectivity index (χ3n) is 9.10. The van der Waals surface area contributed by atoms with Crippen molar-refractivity contribution < 1.29 is 58.2 Å². The molecule has 1 saturated heterocycles. The highest BCUT2D eigenvalue weighted by molar-refractivity contribution is 5.83. The summed E-state index contributed by atoms with van der Waals surface area (Å²) >= 11 is 0. The molecule has 5 N–H and O–H groups in total. The molecule has 0 bridgehead atoms. The molecule has 0 spiro atoms. The quantitative estimate of drug-likeness (QED) is 0.134. The largest absolute Gasteiger partial charge is 0.493 e. The number of hydrogen-bond acceptors (Lipinski definition) is 11. The standard InChI is InChI=1S/C32H45N3O12/c1-19-6-8-23(44-4)28(45-5)27(19)31-14-16-35(3)20(2)32(31,43)13-12-21(18-31)47-29(41)22(7-10-25(37)38)34-30(42)46-17-15-33-24(36)9-11-26(39)40/h6,8,12,20,22,43H,7,9-11,13-18H2,1-5H3,(H,33,36)(H,34,42)(H,37,38)(H,39,40)/t20-,22?,31+,32+/m0/s1. The number of nitrogens with one attached hydrogen (secondary N) is 2. The van der Waals surface area contributed by atoms with Crippen molar-refractivity contribution in [3.63, 3.8) is 0 Å². The molecule has 1 aliphatic carbocycles. The van der Waals surface area contributed by atoms with Gasteiger partial charge < -0.3 is 49.8 Å². The minimum Gasteiger partial charge on any atom is -0.493 e. The average Bonchev–Trinajstić information content (AvgIpc) is 3.02. The lowest BCUT2D eigenvalue weighted by molar-refractivity contribution is -0.150. The van der Waals surface area contributed by atoms with E-state index in [1.54, 1.807) is 12.1 Å². The van der Waals surface area contributed by atoms with E-state index in [-0.39, 0.29) is 57.1 Å². The van der Waals surface area contributed by atoms with Gasteiger partial charge in [-0.25, -0.2) is 9.59 Å². The molecule has 1 fully saturated rings. The zero-order chi connectivity index (χ0) is 34.9. The van der Waals surface area contributed by atoms with Crippen LogP contribution in [0.3, 0.4) is 0 Å². The molecule has 0 aromatic heterocycles. The van der Waals surface area contributed by atoms with Gasteiger partial charge in [-0.2, -0.15) is 0 Å². The molecule has 2 amide bonds. The molecule has 3 rings (SSSR count). The molecule has 1 unspecified atom stereocenters. The molecule has 4 atom stereocenters. The number of likely N-dealkylation sites (N-methyl/N-ethyl adjacent to an activating group) is 1. The van der Waals surface area contributed by atoms with Crippen molar-refractivity contribution >= 4 is 29.9 Å². The van der Waals surface area contributed by atoms with Crippen LogP contribution >= 0.6 is 0 Å². The van der Waals surface area contributed by atoms with E-state index in [1.165, 1.54) is 14.2 Å². The Morgan fingerprint density at radius 3 is 2.40 bits per heavy atom. The molecule has 1 aromatic carbocycles. The van der Waals surface area contributed by atoms with Gasteiger partial charge in [0, 0.05) is 42.7 Å². The summed E-state index contributed by atoms with van der Waals surface area (Å²) in [5.41, 5.74) is -0.672. The van der Waals surface area contributed by atoms with Crippen LogP contribution in [-0.2, 0) is 34.1 Å². The summed E-state index contributed by atoms with van der Waals surface area (Å²) in [5, 5.41) is 35.1. The van der Waals surface area contributed by atoms with Crippen molar-refractivity contribution in [3.8, 4) is 11.5 Å². The molecule has 1 aliphatic heterocycles. The van der Waals surface area contributed by atoms with Crippen LogP contribution in [0.1, 0.15) is 63.0 Å². The van der Waals surface area contributed by atoms with Crippen molar-refractivity contribution in [2.75, 3.05) is 41.0 Å². The number of carboxylic acids is 2. The second kappa shape index (κ2) is 16.0. The Bertz CT molecular complexity index is 1380. The van der Waals surface area contributed by atoms with Gasteiger partial charge in [0.15, 0.2) is 11.5 Å². The van der Waals surface area contributed by atoms with Crippen molar-refractivity contribution in [2.24, 2.45) is 0 Å². The van der Waals surface area contributed by atoms with Gasteiger partial charge in [0.25, 0.3) is 0 Å². The first-order chi connectivity index (χ1) is 22.2. The highest BCUT2D eigenvalue weighted by atomic mass is 16.6. The van der Waals surface area contributed by atoms with Crippen LogP contribution in [0.15, 0.2) is 24.0 Å². The summed E-state index contributed by atoms with van der Waals surface area (Å²) in [5.74, 6) is -2.55. The predicted octanol–water partition coefficient (Wildman–Crippen LogP) is 1.87. The van der Waals surface area contributed by atoms with Crippen LogP contribution in [0.2, 0.25) is 0 Å². The molecule has 2 aliphatic rings. The summed E-state index contributed by atoms with van der Waals surface area (Å²) < 4.78 is 22.3. The van der Waals surface area contributed by atoms with Crippen LogP contribution in [0.25, 0.3) is 0 Å². The average molecular weight is 664 g/mol. The van der Waals surface area contributed by atoms with Gasteiger partial charge in [0.05, 0.1) is 32.8 Å². The summed E-state index contributed by atoms with van der Waals surface area (Å²) in [6.45, 7) is 4.10. The molecule has 15 heteroatoms. The second-order valence-electron chi connectivity index (χ2n) is 11.9. The molecular formula is C32H45N3O12. The molecule has 1 aromatic rings. The zero-order valence-electron chi connectivity index (χ0n) is 27.4. The fraction of sp³-hybridized carbons (Fsp3) is 0.594. The number of rotatable bonds is 15. The Morgan fingerprint density at radius 1 is 1.06 bits per heavy atom. The van der Waals surface area contributed by atoms with Crippen molar-refractivity contribution in [1.82, 2.24) is 15.5 Å². The minimum absolute atomic E-state index is 0.102. The Balaban J connectivity index is 1.82. The minimum atomic E-state index is -1.38. The Morgan fingerprint density at radius 2 is 1.77 bits per heavy atom. The molecule has 47 heavy (non-hydrogen) atoms. The Kier molecular flexibility index (Phi) is 12.6. The summed E-state index contributed by atoms with van der Waals surface area (Å²) in [7, 11) is 4.99. The number of allylic oxidation sites excluding steroid dienone is 1. The summed E-state index contributed by atoms with van der Waals surface area (Å²) in [6.07, 6.45) is 0.00977. The number of fused-ring (bicyclic) bond motifs is 1. The lowest BCUT2D eigenvalue weighted by Gasteiger charge is -2.59. The van der Waals surface area contributed by atoms with Gasteiger partial charge in [-0.05, 0) is 58.0 Å². The number of likely N-dealkylation sites (tertiary alicyclic amines) is 1. The molecule has 1 heterocycles. The number of aliphatic hydroxyl groups is 1.